The van der Waals surface area contributed by atoms with Crippen molar-refractivity contribution in [3.8, 4) is 16.9 Å². The fourth-order valence-corrected chi connectivity index (χ4v) is 4.21. The van der Waals surface area contributed by atoms with Crippen LogP contribution >= 0.6 is 0 Å². The lowest BCUT2D eigenvalue weighted by molar-refractivity contribution is -0.120. The van der Waals surface area contributed by atoms with E-state index in [0.717, 1.165) is 24.2 Å². The van der Waals surface area contributed by atoms with Gasteiger partial charge in [0.2, 0.25) is 5.91 Å². The van der Waals surface area contributed by atoms with Crippen molar-refractivity contribution in [1.29, 1.82) is 0 Å². The van der Waals surface area contributed by atoms with E-state index in [1.165, 1.54) is 37.1 Å². The molecular formula is C29H34FN3O2. The summed E-state index contributed by atoms with van der Waals surface area (Å²) < 4.78 is 19.5. The number of halogens is 1. The maximum absolute atomic E-state index is 13.9. The second-order valence-electron chi connectivity index (χ2n) is 9.59. The lowest BCUT2D eigenvalue weighted by Gasteiger charge is -2.28. The monoisotopic (exact) mass is 475 g/mol. The van der Waals surface area contributed by atoms with Gasteiger partial charge in [0.15, 0.2) is 0 Å². The zero-order valence-electron chi connectivity index (χ0n) is 20.6. The van der Waals surface area contributed by atoms with Crippen LogP contribution < -0.4 is 15.0 Å². The molecule has 0 bridgehead atoms. The lowest BCUT2D eigenvalue weighted by atomic mass is 10.1. The third-order valence-corrected chi connectivity index (χ3v) is 6.09. The van der Waals surface area contributed by atoms with Crippen LogP contribution in [0.1, 0.15) is 44.4 Å². The van der Waals surface area contributed by atoms with E-state index in [-0.39, 0.29) is 24.7 Å². The van der Waals surface area contributed by atoms with E-state index in [0.29, 0.717) is 29.5 Å². The highest BCUT2D eigenvalue weighted by Gasteiger charge is 2.11. The van der Waals surface area contributed by atoms with E-state index in [4.69, 9.17) is 4.74 Å². The van der Waals surface area contributed by atoms with E-state index >= 15 is 0 Å². The minimum atomic E-state index is -0.378. The third-order valence-electron chi connectivity index (χ3n) is 6.09. The van der Waals surface area contributed by atoms with Crippen LogP contribution in [0.25, 0.3) is 11.1 Å². The Kier molecular flexibility index (Phi) is 8.35. The average Bonchev–Trinajstić information content (AvgIpc) is 2.87. The van der Waals surface area contributed by atoms with Crippen molar-refractivity contribution in [3.05, 3.63) is 77.9 Å². The van der Waals surface area contributed by atoms with Crippen molar-refractivity contribution >= 4 is 11.6 Å². The van der Waals surface area contributed by atoms with Gasteiger partial charge in [-0.2, -0.15) is 0 Å². The average molecular weight is 476 g/mol. The first-order valence-electron chi connectivity index (χ1n) is 12.5. The maximum Gasteiger partial charge on any atom is 0.226 e. The van der Waals surface area contributed by atoms with Crippen LogP contribution in [0.3, 0.4) is 0 Å². The second-order valence-corrected chi connectivity index (χ2v) is 9.59. The summed E-state index contributed by atoms with van der Waals surface area (Å²) >= 11 is 0. The number of carbonyl (C=O) groups excluding carboxylic acids is 1. The Balaban J connectivity index is 1.30. The van der Waals surface area contributed by atoms with E-state index in [1.54, 1.807) is 6.07 Å². The lowest BCUT2D eigenvalue weighted by Crippen LogP contribution is -2.29. The highest BCUT2D eigenvalue weighted by atomic mass is 19.1. The van der Waals surface area contributed by atoms with Crippen LogP contribution in [0.4, 0.5) is 10.1 Å². The molecule has 0 saturated carbocycles. The van der Waals surface area contributed by atoms with E-state index < -0.39 is 0 Å². The third kappa shape index (κ3) is 7.28. The minimum absolute atomic E-state index is 0.162. The zero-order valence-corrected chi connectivity index (χ0v) is 20.6. The highest BCUT2D eigenvalue weighted by molar-refractivity contribution is 5.78. The van der Waals surface area contributed by atoms with Gasteiger partial charge in [-0.05, 0) is 66.6 Å². The number of piperidine rings is 1. The molecule has 5 nitrogen and oxygen atoms in total. The summed E-state index contributed by atoms with van der Waals surface area (Å²) in [7, 11) is 0. The molecule has 1 aromatic heterocycles. The summed E-state index contributed by atoms with van der Waals surface area (Å²) in [6, 6.07) is 17.0. The summed E-state index contributed by atoms with van der Waals surface area (Å²) in [6.45, 7) is 7.07. The summed E-state index contributed by atoms with van der Waals surface area (Å²) in [5, 5.41) is 2.84. The van der Waals surface area contributed by atoms with Crippen molar-refractivity contribution in [2.75, 3.05) is 24.6 Å². The molecule has 0 unspecified atom stereocenters. The molecule has 0 radical (unpaired) electrons. The predicted octanol–water partition coefficient (Wildman–Crippen LogP) is 5.77. The van der Waals surface area contributed by atoms with Gasteiger partial charge in [-0.15, -0.1) is 0 Å². The zero-order chi connectivity index (χ0) is 24.6. The van der Waals surface area contributed by atoms with Gasteiger partial charge in [-0.25, -0.2) is 4.39 Å². The van der Waals surface area contributed by atoms with Crippen molar-refractivity contribution in [1.82, 2.24) is 10.3 Å². The Morgan fingerprint density at radius 3 is 2.46 bits per heavy atom. The smallest absolute Gasteiger partial charge is 0.226 e. The summed E-state index contributed by atoms with van der Waals surface area (Å²) in [5.74, 6) is 0.283. The molecule has 0 aliphatic carbocycles. The fraction of sp³-hybridized carbons (Fsp3) is 0.379. The summed E-state index contributed by atoms with van der Waals surface area (Å²) in [5.41, 5.74) is 4.75. The molecule has 4 rings (SSSR count). The van der Waals surface area contributed by atoms with Crippen LogP contribution in [0.2, 0.25) is 0 Å². The molecule has 2 heterocycles. The van der Waals surface area contributed by atoms with Gasteiger partial charge in [-0.1, -0.05) is 32.0 Å². The van der Waals surface area contributed by atoms with Gasteiger partial charge in [0.1, 0.15) is 11.6 Å². The Morgan fingerprint density at radius 2 is 1.77 bits per heavy atom. The fourth-order valence-electron chi connectivity index (χ4n) is 4.21. The quantitative estimate of drug-likeness (QED) is 0.427. The summed E-state index contributed by atoms with van der Waals surface area (Å²) in [4.78, 5) is 19.4. The number of nitrogens with zero attached hydrogens (tertiary/aromatic N) is 2. The number of rotatable bonds is 9. The van der Waals surface area contributed by atoms with Gasteiger partial charge in [0, 0.05) is 48.8 Å². The number of aromatic nitrogens is 1. The molecule has 35 heavy (non-hydrogen) atoms. The molecule has 1 saturated heterocycles. The molecule has 1 N–H and O–H groups in total. The molecular weight excluding hydrogens is 441 g/mol. The van der Waals surface area contributed by atoms with Gasteiger partial charge in [0.05, 0.1) is 13.0 Å². The molecule has 1 aliphatic rings. The van der Waals surface area contributed by atoms with E-state index in [2.05, 4.69) is 39.5 Å². The standard InChI is InChI=1S/C29H34FN3O2/c1-21(2)20-35-28-15-22(14-25(30)16-28)18-32-29(34)17-26-9-6-24(19-31-26)23-7-10-27(11-8-23)33-12-4-3-5-13-33/h6-11,14-16,19,21H,3-5,12-13,17-18,20H2,1-2H3,(H,32,34). The minimum Gasteiger partial charge on any atom is -0.493 e. The van der Waals surface area contributed by atoms with Gasteiger partial charge < -0.3 is 15.0 Å². The van der Waals surface area contributed by atoms with Gasteiger partial charge >= 0.3 is 0 Å². The number of hydrogen-bond donors (Lipinski definition) is 1. The molecule has 1 amide bonds. The SMILES string of the molecule is CC(C)COc1cc(F)cc(CNC(=O)Cc2ccc(-c3ccc(N4CCCCC4)cc3)cn2)c1. The van der Waals surface area contributed by atoms with Crippen LogP contribution in [-0.4, -0.2) is 30.6 Å². The Bertz CT molecular complexity index is 1110. The number of anilines is 1. The molecule has 3 aromatic rings. The number of pyridine rings is 1. The summed E-state index contributed by atoms with van der Waals surface area (Å²) in [6.07, 6.45) is 5.82. The first kappa shape index (κ1) is 24.7. The molecule has 6 heteroatoms. The van der Waals surface area contributed by atoms with Gasteiger partial charge in [0.25, 0.3) is 0 Å². The number of hydrogen-bond acceptors (Lipinski definition) is 4. The largest absolute Gasteiger partial charge is 0.493 e. The number of ether oxygens (including phenoxy) is 1. The number of nitrogens with one attached hydrogen (secondary N) is 1. The Hall–Kier alpha value is -3.41. The number of amides is 1. The van der Waals surface area contributed by atoms with Crippen LogP contribution in [0.5, 0.6) is 5.75 Å². The molecule has 0 atom stereocenters. The normalized spacial score (nSPS) is 13.7. The first-order chi connectivity index (χ1) is 17.0. The van der Waals surface area contributed by atoms with E-state index in [1.807, 2.05) is 32.2 Å². The van der Waals surface area contributed by atoms with E-state index in [9.17, 15) is 9.18 Å². The first-order valence-corrected chi connectivity index (χ1v) is 12.5. The molecule has 1 fully saturated rings. The van der Waals surface area contributed by atoms with Crippen molar-refractivity contribution in [2.45, 2.75) is 46.1 Å². The number of benzene rings is 2. The second kappa shape index (κ2) is 11.8. The van der Waals surface area contributed by atoms with Crippen molar-refractivity contribution < 1.29 is 13.9 Å². The van der Waals surface area contributed by atoms with Crippen LogP contribution in [-0.2, 0) is 17.8 Å². The molecule has 2 aromatic carbocycles. The molecule has 1 aliphatic heterocycles. The maximum atomic E-state index is 13.9. The highest BCUT2D eigenvalue weighted by Crippen LogP contribution is 2.25. The Labute approximate surface area is 207 Å². The van der Waals surface area contributed by atoms with Gasteiger partial charge in [-0.3, -0.25) is 9.78 Å². The molecule has 184 valence electrons. The predicted molar refractivity (Wildman–Crippen MR) is 138 cm³/mol. The van der Waals surface area contributed by atoms with Crippen LogP contribution in [0.15, 0.2) is 60.8 Å². The molecule has 0 spiro atoms. The topological polar surface area (TPSA) is 54.5 Å². The number of carbonyl (C=O) groups is 1. The van der Waals surface area contributed by atoms with Crippen molar-refractivity contribution in [2.24, 2.45) is 5.92 Å². The van der Waals surface area contributed by atoms with Crippen LogP contribution in [0, 0.1) is 11.7 Å². The van der Waals surface area contributed by atoms with Crippen molar-refractivity contribution in [3.63, 3.8) is 0 Å². The Morgan fingerprint density at radius 1 is 1.03 bits per heavy atom.